The Morgan fingerprint density at radius 1 is 1.62 bits per heavy atom. The molecule has 74 valence electrons. The molecule has 3 nitrogen and oxygen atoms in total. The lowest BCUT2D eigenvalue weighted by atomic mass is 9.91. The van der Waals surface area contributed by atoms with Gasteiger partial charge in [-0.2, -0.15) is 9.88 Å². The van der Waals surface area contributed by atoms with Gasteiger partial charge >= 0.3 is 0 Å². The molecular weight excluding hydrogens is 207 g/mol. The molecule has 1 unspecified atom stereocenters. The number of hydrazone groups is 1. The summed E-state index contributed by atoms with van der Waals surface area (Å²) in [4.78, 5) is 11.1. The molecule has 0 saturated heterocycles. The maximum atomic E-state index is 11.1. The van der Waals surface area contributed by atoms with Crippen molar-refractivity contribution in [3.8, 4) is 0 Å². The molecule has 0 aliphatic carbocycles. The van der Waals surface area contributed by atoms with Gasteiger partial charge in [-0.15, -0.1) is 0 Å². The average Bonchev–Trinajstić information content (AvgIpc) is 2.29. The third-order valence-electron chi connectivity index (χ3n) is 1.85. The number of hydrogen-bond donors (Lipinski definition) is 0. The van der Waals surface area contributed by atoms with Crippen molar-refractivity contribution in [2.75, 3.05) is 6.16 Å². The van der Waals surface area contributed by atoms with E-state index in [1.165, 1.54) is 11.7 Å². The summed E-state index contributed by atoms with van der Waals surface area (Å²) in [7, 11) is -0.919. The third-order valence-corrected chi connectivity index (χ3v) is 3.98. The van der Waals surface area contributed by atoms with Gasteiger partial charge in [0.15, 0.2) is 0 Å². The second kappa shape index (κ2) is 3.55. The topological polar surface area (TPSA) is 32.7 Å². The highest BCUT2D eigenvalue weighted by atomic mass is 35.7. The molecule has 1 heterocycles. The first kappa shape index (κ1) is 10.9. The number of carbonyl (C=O) groups excluding carboxylic acids is 1. The predicted octanol–water partition coefficient (Wildman–Crippen LogP) is 2.80. The van der Waals surface area contributed by atoms with Crippen LogP contribution in [-0.2, 0) is 4.79 Å². The summed E-state index contributed by atoms with van der Waals surface area (Å²) in [6.45, 7) is 7.73. The van der Waals surface area contributed by atoms with Crippen molar-refractivity contribution in [2.45, 2.75) is 27.7 Å². The van der Waals surface area contributed by atoms with E-state index in [9.17, 15) is 4.79 Å². The van der Waals surface area contributed by atoms with E-state index in [4.69, 9.17) is 11.2 Å². The van der Waals surface area contributed by atoms with Gasteiger partial charge in [-0.3, -0.25) is 4.79 Å². The number of amides is 1. The second-order valence-electron chi connectivity index (χ2n) is 4.10. The lowest BCUT2D eigenvalue weighted by Crippen LogP contribution is -2.20. The Labute approximate surface area is 84.7 Å². The molecule has 13 heavy (non-hydrogen) atoms. The van der Waals surface area contributed by atoms with Crippen LogP contribution in [0.25, 0.3) is 0 Å². The molecule has 0 N–H and O–H groups in total. The fraction of sp³-hybridized carbons (Fsp3) is 0.750. The zero-order valence-corrected chi connectivity index (χ0v) is 9.99. The minimum atomic E-state index is -0.919. The van der Waals surface area contributed by atoms with Gasteiger partial charge in [-0.1, -0.05) is 32.0 Å². The van der Waals surface area contributed by atoms with Gasteiger partial charge < -0.3 is 0 Å². The lowest BCUT2D eigenvalue weighted by molar-refractivity contribution is -0.124. The Kier molecular flexibility index (Phi) is 2.98. The van der Waals surface area contributed by atoms with Crippen molar-refractivity contribution < 1.29 is 4.79 Å². The van der Waals surface area contributed by atoms with E-state index >= 15 is 0 Å². The Balaban J connectivity index is 2.84. The van der Waals surface area contributed by atoms with Crippen LogP contribution in [0.15, 0.2) is 5.10 Å². The fourth-order valence-electron chi connectivity index (χ4n) is 0.995. The van der Waals surface area contributed by atoms with Crippen LogP contribution >= 0.6 is 18.7 Å². The molecular formula is C8H14ClN2OP. The summed E-state index contributed by atoms with van der Waals surface area (Å²) in [5.41, 5.74) is 1.03. The van der Waals surface area contributed by atoms with Crippen molar-refractivity contribution >= 4 is 30.3 Å². The summed E-state index contributed by atoms with van der Waals surface area (Å²) >= 11 is 6.03. The smallest absolute Gasteiger partial charge is 0.243 e. The summed E-state index contributed by atoms with van der Waals surface area (Å²) in [6, 6.07) is 0. The van der Waals surface area contributed by atoms with Crippen molar-refractivity contribution in [3.63, 3.8) is 0 Å². The number of hydrogen-bond acceptors (Lipinski definition) is 2. The zero-order valence-electron chi connectivity index (χ0n) is 8.33. The molecule has 0 bridgehead atoms. The minimum absolute atomic E-state index is 0.0136. The van der Waals surface area contributed by atoms with Crippen LogP contribution in [0.4, 0.5) is 0 Å². The van der Waals surface area contributed by atoms with Crippen LogP contribution in [0.1, 0.15) is 27.7 Å². The number of carbonyl (C=O) groups is 1. The van der Waals surface area contributed by atoms with E-state index < -0.39 is 7.43 Å². The first-order valence-corrected chi connectivity index (χ1v) is 6.52. The van der Waals surface area contributed by atoms with Gasteiger partial charge in [0.05, 0.1) is 5.71 Å². The molecule has 0 saturated carbocycles. The monoisotopic (exact) mass is 220 g/mol. The summed E-state index contributed by atoms with van der Waals surface area (Å²) in [6.07, 6.45) is 0.736. The molecule has 0 spiro atoms. The fourth-order valence-corrected chi connectivity index (χ4v) is 3.19. The SMILES string of the molecule is CC(=O)N1N=C(C(C)(C)C)CP1Cl. The van der Waals surface area contributed by atoms with Crippen LogP contribution in [0.3, 0.4) is 0 Å². The summed E-state index contributed by atoms with van der Waals surface area (Å²) in [5, 5.41) is 4.24. The highest BCUT2D eigenvalue weighted by Gasteiger charge is 2.33. The van der Waals surface area contributed by atoms with E-state index in [1.807, 2.05) is 0 Å². The molecule has 1 aliphatic rings. The van der Waals surface area contributed by atoms with Crippen LogP contribution in [0.5, 0.6) is 0 Å². The maximum Gasteiger partial charge on any atom is 0.243 e. The van der Waals surface area contributed by atoms with Gasteiger partial charge in [0.25, 0.3) is 0 Å². The molecule has 1 aliphatic heterocycles. The van der Waals surface area contributed by atoms with E-state index in [-0.39, 0.29) is 11.3 Å². The highest BCUT2D eigenvalue weighted by Crippen LogP contribution is 2.51. The Hall–Kier alpha value is -0.140. The maximum absolute atomic E-state index is 11.1. The standard InChI is InChI=1S/C8H14ClN2OP/c1-6(12)11-10-7(5-13(11)9)8(2,3)4/h5H2,1-4H3. The van der Waals surface area contributed by atoms with Gasteiger partial charge in [0.2, 0.25) is 5.91 Å². The highest BCUT2D eigenvalue weighted by molar-refractivity contribution is 7.83. The van der Waals surface area contributed by atoms with E-state index in [0.717, 1.165) is 11.9 Å². The average molecular weight is 221 g/mol. The largest absolute Gasteiger partial charge is 0.273 e. The van der Waals surface area contributed by atoms with Gasteiger partial charge in [-0.25, -0.2) is 0 Å². The van der Waals surface area contributed by atoms with Crippen molar-refractivity contribution in [3.05, 3.63) is 0 Å². The minimum Gasteiger partial charge on any atom is -0.273 e. The molecule has 1 amide bonds. The molecule has 0 aromatic heterocycles. The van der Waals surface area contributed by atoms with E-state index in [1.54, 1.807) is 0 Å². The summed E-state index contributed by atoms with van der Waals surface area (Å²) in [5.74, 6) is -0.0691. The second-order valence-corrected chi connectivity index (χ2v) is 6.64. The van der Waals surface area contributed by atoms with Crippen LogP contribution in [0, 0.1) is 5.41 Å². The molecule has 5 heteroatoms. The van der Waals surface area contributed by atoms with Crippen molar-refractivity contribution in [1.29, 1.82) is 0 Å². The van der Waals surface area contributed by atoms with Crippen LogP contribution in [0.2, 0.25) is 0 Å². The number of halogens is 1. The zero-order chi connectivity index (χ0) is 10.2. The molecule has 0 aromatic rings. The Bertz CT molecular complexity index is 259. The van der Waals surface area contributed by atoms with Gasteiger partial charge in [-0.05, 0) is 0 Å². The van der Waals surface area contributed by atoms with Crippen LogP contribution in [-0.4, -0.2) is 22.6 Å². The predicted molar refractivity (Wildman–Crippen MR) is 57.1 cm³/mol. The van der Waals surface area contributed by atoms with Gasteiger partial charge in [0, 0.05) is 18.5 Å². The lowest BCUT2D eigenvalue weighted by Gasteiger charge is -2.16. The molecule has 1 rings (SSSR count). The quantitative estimate of drug-likeness (QED) is 0.578. The number of rotatable bonds is 0. The van der Waals surface area contributed by atoms with E-state index in [0.29, 0.717) is 0 Å². The first-order chi connectivity index (χ1) is 5.82. The Morgan fingerprint density at radius 2 is 2.15 bits per heavy atom. The molecule has 0 radical (unpaired) electrons. The Morgan fingerprint density at radius 3 is 2.38 bits per heavy atom. The molecule has 1 atom stereocenters. The molecule has 0 aromatic carbocycles. The van der Waals surface area contributed by atoms with Crippen molar-refractivity contribution in [2.24, 2.45) is 10.5 Å². The first-order valence-electron chi connectivity index (χ1n) is 4.14. The number of nitrogens with zero attached hydrogens (tertiary/aromatic N) is 2. The van der Waals surface area contributed by atoms with Crippen molar-refractivity contribution in [1.82, 2.24) is 4.78 Å². The summed E-state index contributed by atoms with van der Waals surface area (Å²) < 4.78 is 1.41. The van der Waals surface area contributed by atoms with Crippen LogP contribution < -0.4 is 0 Å². The third kappa shape index (κ3) is 2.41. The normalized spacial score (nSPS) is 23.3. The van der Waals surface area contributed by atoms with E-state index in [2.05, 4.69) is 25.9 Å². The molecule has 0 fully saturated rings. The van der Waals surface area contributed by atoms with Gasteiger partial charge in [0.1, 0.15) is 7.43 Å².